The zero-order chi connectivity index (χ0) is 25.3. The standard InChI is InChI=1S/C27H26ClN5O4/c28-16-9-15(18-11-29-31-21(18)10-16)12-32-7-5-27(6-8-32)14-37-24-19-13-33(22-3-4-23(34)30-25(22)35)26(36)17(19)1-2-20(24)27/h1-2,9-11,22H,3-8,12-14H2,(H,29,31)(H,30,34,35). The van der Waals surface area contributed by atoms with Gasteiger partial charge in [0.15, 0.2) is 0 Å². The van der Waals surface area contributed by atoms with E-state index in [2.05, 4.69) is 26.5 Å². The molecule has 1 aromatic heterocycles. The molecule has 0 bridgehead atoms. The van der Waals surface area contributed by atoms with Crippen LogP contribution in [0.2, 0.25) is 5.02 Å². The minimum Gasteiger partial charge on any atom is -0.492 e. The van der Waals surface area contributed by atoms with Gasteiger partial charge in [0.2, 0.25) is 11.8 Å². The lowest BCUT2D eigenvalue weighted by molar-refractivity contribution is -0.136. The molecule has 5 heterocycles. The van der Waals surface area contributed by atoms with E-state index in [0.29, 0.717) is 30.2 Å². The molecule has 7 rings (SSSR count). The number of nitrogens with one attached hydrogen (secondary N) is 2. The monoisotopic (exact) mass is 519 g/mol. The van der Waals surface area contributed by atoms with Gasteiger partial charge in [0.1, 0.15) is 11.8 Å². The molecule has 190 valence electrons. The van der Waals surface area contributed by atoms with E-state index in [9.17, 15) is 14.4 Å². The molecule has 0 aliphatic carbocycles. The maximum absolute atomic E-state index is 13.2. The highest BCUT2D eigenvalue weighted by Crippen LogP contribution is 2.49. The van der Waals surface area contributed by atoms with E-state index in [1.807, 2.05) is 24.4 Å². The lowest BCUT2D eigenvalue weighted by Gasteiger charge is -2.38. The molecule has 10 heteroatoms. The van der Waals surface area contributed by atoms with Crippen LogP contribution < -0.4 is 10.1 Å². The van der Waals surface area contributed by atoms with Gasteiger partial charge >= 0.3 is 0 Å². The van der Waals surface area contributed by atoms with Crippen molar-refractivity contribution in [3.05, 3.63) is 57.7 Å². The first-order valence-corrected chi connectivity index (χ1v) is 13.1. The van der Waals surface area contributed by atoms with E-state index in [4.69, 9.17) is 16.3 Å². The van der Waals surface area contributed by atoms with Crippen LogP contribution in [0.15, 0.2) is 30.5 Å². The number of hydrogen-bond acceptors (Lipinski definition) is 6. The lowest BCUT2D eigenvalue weighted by Crippen LogP contribution is -2.52. The van der Waals surface area contributed by atoms with Crippen molar-refractivity contribution in [1.29, 1.82) is 0 Å². The Balaban J connectivity index is 1.10. The predicted octanol–water partition coefficient (Wildman–Crippen LogP) is 2.90. The van der Waals surface area contributed by atoms with Crippen LogP contribution in [0.25, 0.3) is 10.9 Å². The normalized spacial score (nSPS) is 22.9. The van der Waals surface area contributed by atoms with Crippen molar-refractivity contribution in [2.75, 3.05) is 19.7 Å². The highest BCUT2D eigenvalue weighted by Gasteiger charge is 2.47. The van der Waals surface area contributed by atoms with Gasteiger partial charge in [-0.05, 0) is 56.1 Å². The van der Waals surface area contributed by atoms with Crippen LogP contribution >= 0.6 is 11.6 Å². The lowest BCUT2D eigenvalue weighted by atomic mass is 9.74. The van der Waals surface area contributed by atoms with E-state index >= 15 is 0 Å². The number of nitrogens with zero attached hydrogens (tertiary/aromatic N) is 3. The van der Waals surface area contributed by atoms with Gasteiger partial charge in [-0.15, -0.1) is 0 Å². The molecule has 4 aliphatic rings. The first kappa shape index (κ1) is 22.7. The molecule has 0 radical (unpaired) electrons. The second-order valence-electron chi connectivity index (χ2n) is 10.6. The number of carbonyl (C=O) groups excluding carboxylic acids is 3. The molecule has 2 aromatic carbocycles. The Hall–Kier alpha value is -3.43. The first-order valence-electron chi connectivity index (χ1n) is 12.7. The van der Waals surface area contributed by atoms with Crippen molar-refractivity contribution in [2.45, 2.75) is 50.2 Å². The fraction of sp³-hybridized carbons (Fsp3) is 0.407. The third kappa shape index (κ3) is 3.55. The summed E-state index contributed by atoms with van der Waals surface area (Å²) >= 11 is 6.34. The largest absolute Gasteiger partial charge is 0.492 e. The maximum atomic E-state index is 13.2. The number of halogens is 1. The number of carbonyl (C=O) groups is 3. The fourth-order valence-corrected chi connectivity index (χ4v) is 6.73. The molecular weight excluding hydrogens is 494 g/mol. The molecule has 2 N–H and O–H groups in total. The highest BCUT2D eigenvalue weighted by molar-refractivity contribution is 6.31. The maximum Gasteiger partial charge on any atom is 0.255 e. The summed E-state index contributed by atoms with van der Waals surface area (Å²) in [6.07, 6.45) is 4.36. The van der Waals surface area contributed by atoms with Gasteiger partial charge in [-0.1, -0.05) is 17.7 Å². The van der Waals surface area contributed by atoms with Crippen LogP contribution in [0.3, 0.4) is 0 Å². The van der Waals surface area contributed by atoms with Crippen molar-refractivity contribution in [1.82, 2.24) is 25.3 Å². The van der Waals surface area contributed by atoms with Crippen molar-refractivity contribution in [2.24, 2.45) is 0 Å². The number of rotatable bonds is 3. The topological polar surface area (TPSA) is 108 Å². The van der Waals surface area contributed by atoms with Crippen LogP contribution in [0.1, 0.15) is 52.7 Å². The smallest absolute Gasteiger partial charge is 0.255 e. The number of likely N-dealkylation sites (tertiary alicyclic amines) is 1. The summed E-state index contributed by atoms with van der Waals surface area (Å²) in [7, 11) is 0. The SMILES string of the molecule is O=C1CCC(N2Cc3c(ccc4c3OCC43CCN(Cc4cc(Cl)cc5[nH]ncc45)CC3)C2=O)C(=O)N1. The molecule has 2 saturated heterocycles. The molecule has 3 amide bonds. The molecule has 0 saturated carbocycles. The van der Waals surface area contributed by atoms with Crippen molar-refractivity contribution >= 4 is 40.2 Å². The third-order valence-electron chi connectivity index (χ3n) is 8.55. The quantitative estimate of drug-likeness (QED) is 0.515. The Kier molecular flexibility index (Phi) is 5.10. The Morgan fingerprint density at radius 3 is 2.81 bits per heavy atom. The number of ether oxygens (including phenoxy) is 1. The van der Waals surface area contributed by atoms with Gasteiger partial charge < -0.3 is 9.64 Å². The van der Waals surface area contributed by atoms with E-state index in [0.717, 1.165) is 54.7 Å². The Labute approximate surface area is 218 Å². The number of amides is 3. The van der Waals surface area contributed by atoms with E-state index in [1.54, 1.807) is 4.90 Å². The molecule has 2 fully saturated rings. The number of aromatic amines is 1. The van der Waals surface area contributed by atoms with Gasteiger partial charge in [-0.25, -0.2) is 0 Å². The number of hydrogen-bond donors (Lipinski definition) is 2. The van der Waals surface area contributed by atoms with Crippen molar-refractivity contribution < 1.29 is 19.1 Å². The summed E-state index contributed by atoms with van der Waals surface area (Å²) in [5.74, 6) is -0.0403. The van der Waals surface area contributed by atoms with E-state index in [-0.39, 0.29) is 23.7 Å². The van der Waals surface area contributed by atoms with Gasteiger partial charge in [-0.3, -0.25) is 29.7 Å². The summed E-state index contributed by atoms with van der Waals surface area (Å²) in [5, 5.41) is 11.3. The first-order chi connectivity index (χ1) is 17.9. The summed E-state index contributed by atoms with van der Waals surface area (Å²) in [6.45, 7) is 3.59. The number of benzene rings is 2. The summed E-state index contributed by atoms with van der Waals surface area (Å²) in [5.41, 5.74) is 4.68. The van der Waals surface area contributed by atoms with Crippen LogP contribution in [0.5, 0.6) is 5.75 Å². The van der Waals surface area contributed by atoms with E-state index < -0.39 is 11.9 Å². The minimum atomic E-state index is -0.625. The molecule has 4 aliphatic heterocycles. The van der Waals surface area contributed by atoms with Crippen LogP contribution in [-0.2, 0) is 28.1 Å². The average Bonchev–Trinajstić information content (AvgIpc) is 3.58. The fourth-order valence-electron chi connectivity index (χ4n) is 6.49. The molecule has 1 unspecified atom stereocenters. The van der Waals surface area contributed by atoms with Gasteiger partial charge in [-0.2, -0.15) is 5.10 Å². The molecular formula is C27H26ClN5O4. The van der Waals surface area contributed by atoms with Gasteiger partial charge in [0.05, 0.1) is 24.9 Å². The Bertz CT molecular complexity index is 1470. The van der Waals surface area contributed by atoms with Crippen LogP contribution in [-0.4, -0.2) is 63.5 Å². The van der Waals surface area contributed by atoms with Gasteiger partial charge in [0, 0.05) is 45.5 Å². The van der Waals surface area contributed by atoms with Crippen molar-refractivity contribution in [3.8, 4) is 5.75 Å². The number of fused-ring (bicyclic) bond motifs is 5. The molecule has 1 spiro atoms. The average molecular weight is 520 g/mol. The molecule has 9 nitrogen and oxygen atoms in total. The number of aromatic nitrogens is 2. The summed E-state index contributed by atoms with van der Waals surface area (Å²) in [6, 6.07) is 7.24. The van der Waals surface area contributed by atoms with E-state index in [1.165, 1.54) is 11.1 Å². The Morgan fingerprint density at radius 2 is 2.00 bits per heavy atom. The van der Waals surface area contributed by atoms with Crippen molar-refractivity contribution in [3.63, 3.8) is 0 Å². The summed E-state index contributed by atoms with van der Waals surface area (Å²) < 4.78 is 6.30. The predicted molar refractivity (Wildman–Crippen MR) is 135 cm³/mol. The number of H-pyrrole nitrogens is 1. The Morgan fingerprint density at radius 1 is 1.16 bits per heavy atom. The second-order valence-corrected chi connectivity index (χ2v) is 11.0. The van der Waals surface area contributed by atoms with Gasteiger partial charge in [0.25, 0.3) is 5.91 Å². The molecule has 37 heavy (non-hydrogen) atoms. The minimum absolute atomic E-state index is 0.0781. The third-order valence-corrected chi connectivity index (χ3v) is 8.77. The zero-order valence-corrected chi connectivity index (χ0v) is 20.9. The van der Waals surface area contributed by atoms with Crippen LogP contribution in [0.4, 0.5) is 0 Å². The highest BCUT2D eigenvalue weighted by atomic mass is 35.5. The zero-order valence-electron chi connectivity index (χ0n) is 20.2. The number of imide groups is 1. The molecule has 1 atom stereocenters. The molecule has 3 aromatic rings. The van der Waals surface area contributed by atoms with Crippen LogP contribution in [0, 0.1) is 0 Å². The summed E-state index contributed by atoms with van der Waals surface area (Å²) in [4.78, 5) is 41.2. The number of piperidine rings is 2. The second kappa shape index (κ2) is 8.29.